The number of halogens is 4. The van der Waals surface area contributed by atoms with Crippen LogP contribution in [0.3, 0.4) is 0 Å². The molecule has 12 heteroatoms. The van der Waals surface area contributed by atoms with Crippen LogP contribution in [0.2, 0.25) is 0 Å². The zero-order chi connectivity index (χ0) is 24.2. The fourth-order valence-corrected chi connectivity index (χ4v) is 3.02. The molecule has 3 aromatic rings. The molecule has 0 unspecified atom stereocenters. The largest absolute Gasteiger partial charge is 0.490 e. The van der Waals surface area contributed by atoms with Gasteiger partial charge in [-0.15, -0.1) is 0 Å². The number of carbonyl (C=O) groups is 2. The summed E-state index contributed by atoms with van der Waals surface area (Å²) in [4.78, 5) is 24.3. The van der Waals surface area contributed by atoms with E-state index in [-0.39, 0.29) is 17.6 Å². The monoisotopic (exact) mass is 466 g/mol. The summed E-state index contributed by atoms with van der Waals surface area (Å²) in [6.45, 7) is 2.98. The Hall–Kier alpha value is -3.80. The van der Waals surface area contributed by atoms with Crippen molar-refractivity contribution >= 4 is 17.6 Å². The fourth-order valence-electron chi connectivity index (χ4n) is 3.02. The molecular formula is C21H18F4N4O4. The molecule has 0 saturated heterocycles. The number of aromatic nitrogens is 2. The maximum atomic E-state index is 14.5. The molecule has 1 amide bonds. The van der Waals surface area contributed by atoms with Gasteiger partial charge in [-0.25, -0.2) is 9.18 Å². The number of nitrogens with one attached hydrogen (secondary N) is 2. The molecule has 0 aliphatic carbocycles. The average molecular weight is 466 g/mol. The first-order valence-electron chi connectivity index (χ1n) is 9.59. The molecule has 1 aliphatic rings. The first-order valence-corrected chi connectivity index (χ1v) is 9.59. The maximum Gasteiger partial charge on any atom is 0.490 e. The molecule has 33 heavy (non-hydrogen) atoms. The van der Waals surface area contributed by atoms with E-state index in [9.17, 15) is 22.4 Å². The Morgan fingerprint density at radius 2 is 1.82 bits per heavy atom. The third-order valence-corrected chi connectivity index (χ3v) is 4.54. The number of hydrogen-bond acceptors (Lipinski definition) is 6. The number of carboxylic acid groups (broad SMARTS) is 1. The van der Waals surface area contributed by atoms with Gasteiger partial charge in [0.05, 0.1) is 5.56 Å². The topological polar surface area (TPSA) is 117 Å². The summed E-state index contributed by atoms with van der Waals surface area (Å²) in [6, 6.07) is 10.4. The second-order valence-corrected chi connectivity index (χ2v) is 7.01. The summed E-state index contributed by atoms with van der Waals surface area (Å²) in [6.07, 6.45) is -4.24. The minimum atomic E-state index is -5.08. The number of rotatable bonds is 3. The highest BCUT2D eigenvalue weighted by Crippen LogP contribution is 2.28. The van der Waals surface area contributed by atoms with E-state index in [0.29, 0.717) is 23.6 Å². The Balaban J connectivity index is 0.000000383. The highest BCUT2D eigenvalue weighted by Gasteiger charge is 2.38. The number of hydrogen-bond donors (Lipinski definition) is 3. The normalized spacial score (nSPS) is 12.9. The van der Waals surface area contributed by atoms with Gasteiger partial charge in [0.15, 0.2) is 0 Å². The molecule has 4 rings (SSSR count). The average Bonchev–Trinajstić information content (AvgIpc) is 3.23. The van der Waals surface area contributed by atoms with Crippen LogP contribution in [-0.4, -0.2) is 39.8 Å². The lowest BCUT2D eigenvalue weighted by atomic mass is 9.98. The number of carbonyl (C=O) groups excluding carboxylic acids is 1. The molecule has 0 atom stereocenters. The Morgan fingerprint density at radius 3 is 2.42 bits per heavy atom. The zero-order valence-electron chi connectivity index (χ0n) is 17.2. The number of benzene rings is 2. The lowest BCUT2D eigenvalue weighted by molar-refractivity contribution is -0.192. The molecule has 0 fully saturated rings. The smallest absolute Gasteiger partial charge is 0.475 e. The number of carboxylic acids is 1. The lowest BCUT2D eigenvalue weighted by Crippen LogP contribution is -2.23. The molecule has 3 N–H and O–H groups in total. The van der Waals surface area contributed by atoms with Gasteiger partial charge in [0.2, 0.25) is 11.7 Å². The molecule has 2 heterocycles. The molecule has 1 aliphatic heterocycles. The van der Waals surface area contributed by atoms with Gasteiger partial charge in [-0.05, 0) is 60.5 Å². The second-order valence-electron chi connectivity index (χ2n) is 7.01. The highest BCUT2D eigenvalue weighted by atomic mass is 19.4. The van der Waals surface area contributed by atoms with Crippen molar-refractivity contribution in [2.24, 2.45) is 0 Å². The van der Waals surface area contributed by atoms with Crippen molar-refractivity contribution in [3.63, 3.8) is 0 Å². The predicted molar refractivity (Wildman–Crippen MR) is 109 cm³/mol. The van der Waals surface area contributed by atoms with Crippen molar-refractivity contribution in [2.45, 2.75) is 26.1 Å². The molecular weight excluding hydrogens is 448 g/mol. The summed E-state index contributed by atoms with van der Waals surface area (Å²) in [5, 5.41) is 17.0. The Kier molecular flexibility index (Phi) is 7.07. The minimum absolute atomic E-state index is 0.141. The molecule has 2 aromatic carbocycles. The van der Waals surface area contributed by atoms with Crippen LogP contribution >= 0.6 is 0 Å². The van der Waals surface area contributed by atoms with Crippen LogP contribution in [0.15, 0.2) is 40.9 Å². The lowest BCUT2D eigenvalue weighted by Gasteiger charge is -2.17. The van der Waals surface area contributed by atoms with E-state index in [2.05, 4.69) is 20.8 Å². The number of anilines is 1. The van der Waals surface area contributed by atoms with E-state index in [0.717, 1.165) is 29.7 Å². The minimum Gasteiger partial charge on any atom is -0.475 e. The van der Waals surface area contributed by atoms with Crippen LogP contribution < -0.4 is 10.6 Å². The highest BCUT2D eigenvalue weighted by molar-refractivity contribution is 5.88. The van der Waals surface area contributed by atoms with Crippen LogP contribution in [0.5, 0.6) is 0 Å². The van der Waals surface area contributed by atoms with Gasteiger partial charge in [0.1, 0.15) is 5.82 Å². The molecule has 0 radical (unpaired) electrons. The van der Waals surface area contributed by atoms with Crippen molar-refractivity contribution in [1.82, 2.24) is 15.5 Å². The standard InChI is InChI=1S/C19H17FN4O2.C2HF3O2/c1-11(25)22-15-4-2-12(3-5-15)18-23-19(26-24-18)16-8-13-6-7-21-10-14(13)9-17(16)20;3-2(4,5)1(6)7/h2-5,8-9,21H,6-7,10H2,1H3,(H,22,25);(H,6,7). The first-order chi connectivity index (χ1) is 15.5. The van der Waals surface area contributed by atoms with E-state index >= 15 is 0 Å². The van der Waals surface area contributed by atoms with Crippen LogP contribution in [0, 0.1) is 5.82 Å². The maximum absolute atomic E-state index is 14.5. The molecule has 1 aromatic heterocycles. The van der Waals surface area contributed by atoms with Gasteiger partial charge >= 0.3 is 12.1 Å². The fraction of sp³-hybridized carbons (Fsp3) is 0.238. The molecule has 0 saturated carbocycles. The summed E-state index contributed by atoms with van der Waals surface area (Å²) < 4.78 is 51.5. The number of amides is 1. The summed E-state index contributed by atoms with van der Waals surface area (Å²) in [5.41, 5.74) is 3.78. The van der Waals surface area contributed by atoms with E-state index < -0.39 is 12.1 Å². The molecule has 0 bridgehead atoms. The zero-order valence-corrected chi connectivity index (χ0v) is 17.2. The van der Waals surface area contributed by atoms with E-state index in [1.807, 2.05) is 0 Å². The van der Waals surface area contributed by atoms with Crippen molar-refractivity contribution in [1.29, 1.82) is 0 Å². The number of aliphatic carboxylic acids is 1. The van der Waals surface area contributed by atoms with Crippen molar-refractivity contribution < 1.29 is 36.8 Å². The van der Waals surface area contributed by atoms with Gasteiger partial charge in [-0.2, -0.15) is 18.2 Å². The number of alkyl halides is 3. The van der Waals surface area contributed by atoms with Gasteiger partial charge < -0.3 is 20.3 Å². The van der Waals surface area contributed by atoms with Gasteiger partial charge in [-0.3, -0.25) is 4.79 Å². The van der Waals surface area contributed by atoms with Crippen LogP contribution in [-0.2, 0) is 22.6 Å². The number of fused-ring (bicyclic) bond motifs is 1. The number of nitrogens with zero attached hydrogens (tertiary/aromatic N) is 2. The molecule has 174 valence electrons. The van der Waals surface area contributed by atoms with E-state index in [1.165, 1.54) is 13.0 Å². The first kappa shape index (κ1) is 23.9. The van der Waals surface area contributed by atoms with Crippen LogP contribution in [0.4, 0.5) is 23.2 Å². The van der Waals surface area contributed by atoms with Crippen molar-refractivity contribution in [2.75, 3.05) is 11.9 Å². The van der Waals surface area contributed by atoms with Gasteiger partial charge in [-0.1, -0.05) is 5.16 Å². The quantitative estimate of drug-likeness (QED) is 0.503. The second kappa shape index (κ2) is 9.77. The van der Waals surface area contributed by atoms with Crippen LogP contribution in [0.25, 0.3) is 22.8 Å². The van der Waals surface area contributed by atoms with E-state index in [1.54, 1.807) is 30.3 Å². The van der Waals surface area contributed by atoms with Crippen LogP contribution in [0.1, 0.15) is 18.1 Å². The summed E-state index contributed by atoms with van der Waals surface area (Å²) in [5.74, 6) is -2.74. The van der Waals surface area contributed by atoms with Gasteiger partial charge in [0, 0.05) is 24.7 Å². The SMILES string of the molecule is CC(=O)Nc1ccc(-c2noc(-c3cc4c(cc3F)CNCC4)n2)cc1.O=C(O)C(F)(F)F. The summed E-state index contributed by atoms with van der Waals surface area (Å²) in [7, 11) is 0. The van der Waals surface area contributed by atoms with Gasteiger partial charge in [0.25, 0.3) is 5.89 Å². The Bertz CT molecular complexity index is 1160. The summed E-state index contributed by atoms with van der Waals surface area (Å²) >= 11 is 0. The third kappa shape index (κ3) is 6.13. The Morgan fingerprint density at radius 1 is 1.15 bits per heavy atom. The third-order valence-electron chi connectivity index (χ3n) is 4.54. The molecule has 0 spiro atoms. The predicted octanol–water partition coefficient (Wildman–Crippen LogP) is 3.78. The van der Waals surface area contributed by atoms with E-state index in [4.69, 9.17) is 14.4 Å². The van der Waals surface area contributed by atoms with Crippen molar-refractivity contribution in [3.8, 4) is 22.8 Å². The molecule has 8 nitrogen and oxygen atoms in total. The van der Waals surface area contributed by atoms with Crippen molar-refractivity contribution in [3.05, 3.63) is 53.3 Å². The Labute approximate surface area is 184 Å².